The van der Waals surface area contributed by atoms with E-state index in [4.69, 9.17) is 5.73 Å². The maximum Gasteiger partial charge on any atom is 0.147 e. The largest absolute Gasteiger partial charge is 0.350 e. The van der Waals surface area contributed by atoms with E-state index in [-0.39, 0.29) is 0 Å². The van der Waals surface area contributed by atoms with Crippen molar-refractivity contribution in [3.05, 3.63) is 47.7 Å². The summed E-state index contributed by atoms with van der Waals surface area (Å²) in [6.07, 6.45) is 3.49. The summed E-state index contributed by atoms with van der Waals surface area (Å²) in [4.78, 5) is 15.3. The molecule has 2 N–H and O–H groups in total. The van der Waals surface area contributed by atoms with Crippen LogP contribution in [0.1, 0.15) is 24.0 Å². The van der Waals surface area contributed by atoms with E-state index in [1.165, 1.54) is 0 Å². The lowest BCUT2D eigenvalue weighted by Crippen LogP contribution is -2.24. The Bertz CT molecular complexity index is 524. The van der Waals surface area contributed by atoms with E-state index < -0.39 is 0 Å². The average molecular weight is 257 g/mol. The van der Waals surface area contributed by atoms with Gasteiger partial charge in [-0.1, -0.05) is 6.07 Å². The summed E-state index contributed by atoms with van der Waals surface area (Å²) in [6.45, 7) is 6.09. The second-order valence-electron chi connectivity index (χ2n) is 4.35. The predicted octanol–water partition coefficient (Wildman–Crippen LogP) is 1.67. The Hall–Kier alpha value is -2.01. The second kappa shape index (κ2) is 6.24. The van der Waals surface area contributed by atoms with Crippen molar-refractivity contribution in [2.45, 2.75) is 26.9 Å². The Labute approximate surface area is 113 Å². The van der Waals surface area contributed by atoms with Gasteiger partial charge in [0.1, 0.15) is 5.82 Å². The molecule has 0 aliphatic heterocycles. The molecule has 0 radical (unpaired) electrons. The topological polar surface area (TPSA) is 67.9 Å². The molecule has 100 valence electrons. The van der Waals surface area contributed by atoms with Crippen molar-refractivity contribution in [2.24, 2.45) is 5.73 Å². The molecule has 2 rings (SSSR count). The van der Waals surface area contributed by atoms with E-state index in [2.05, 4.69) is 26.8 Å². The highest BCUT2D eigenvalue weighted by molar-refractivity contribution is 5.36. The van der Waals surface area contributed by atoms with Crippen LogP contribution in [0, 0.1) is 6.92 Å². The van der Waals surface area contributed by atoms with Gasteiger partial charge in [-0.3, -0.25) is 9.97 Å². The van der Waals surface area contributed by atoms with Crippen LogP contribution in [-0.4, -0.2) is 21.5 Å². The van der Waals surface area contributed by atoms with Gasteiger partial charge in [-0.25, -0.2) is 4.98 Å². The highest BCUT2D eigenvalue weighted by Crippen LogP contribution is 2.12. The number of rotatable bonds is 5. The third-order valence-corrected chi connectivity index (χ3v) is 2.91. The molecule has 0 saturated carbocycles. The summed E-state index contributed by atoms with van der Waals surface area (Å²) in [5.41, 5.74) is 8.38. The van der Waals surface area contributed by atoms with E-state index in [0.29, 0.717) is 6.54 Å². The minimum absolute atomic E-state index is 0.416. The molecule has 2 heterocycles. The fourth-order valence-electron chi connectivity index (χ4n) is 1.85. The lowest BCUT2D eigenvalue weighted by Gasteiger charge is -2.21. The van der Waals surface area contributed by atoms with E-state index in [1.807, 2.05) is 25.1 Å². The summed E-state index contributed by atoms with van der Waals surface area (Å²) < 4.78 is 0. The third-order valence-electron chi connectivity index (χ3n) is 2.91. The fraction of sp³-hybridized carbons (Fsp3) is 0.357. The Kier molecular flexibility index (Phi) is 4.41. The van der Waals surface area contributed by atoms with Gasteiger partial charge in [0.05, 0.1) is 30.3 Å². The van der Waals surface area contributed by atoms with Gasteiger partial charge < -0.3 is 10.6 Å². The molecule has 0 spiro atoms. The van der Waals surface area contributed by atoms with Crippen molar-refractivity contribution < 1.29 is 0 Å². The van der Waals surface area contributed by atoms with E-state index in [0.717, 1.165) is 36.0 Å². The maximum atomic E-state index is 5.52. The molecule has 5 heteroatoms. The van der Waals surface area contributed by atoms with Crippen molar-refractivity contribution >= 4 is 5.82 Å². The van der Waals surface area contributed by atoms with E-state index >= 15 is 0 Å². The Morgan fingerprint density at radius 3 is 2.58 bits per heavy atom. The van der Waals surface area contributed by atoms with Crippen molar-refractivity contribution in [3.8, 4) is 0 Å². The first kappa shape index (κ1) is 13.4. The molecule has 2 aromatic heterocycles. The predicted molar refractivity (Wildman–Crippen MR) is 75.6 cm³/mol. The number of hydrogen-bond donors (Lipinski definition) is 1. The van der Waals surface area contributed by atoms with Crippen molar-refractivity contribution in [3.63, 3.8) is 0 Å². The normalized spacial score (nSPS) is 10.5. The highest BCUT2D eigenvalue weighted by atomic mass is 15.2. The van der Waals surface area contributed by atoms with Gasteiger partial charge in [0.2, 0.25) is 0 Å². The van der Waals surface area contributed by atoms with Crippen LogP contribution >= 0.6 is 0 Å². The lowest BCUT2D eigenvalue weighted by molar-refractivity contribution is 0.782. The SMILES string of the molecule is CCN(Cc1cccc(C)n1)c1cnc(CN)cn1. The summed E-state index contributed by atoms with van der Waals surface area (Å²) in [5.74, 6) is 0.850. The maximum absolute atomic E-state index is 5.52. The van der Waals surface area contributed by atoms with Gasteiger partial charge in [0, 0.05) is 18.8 Å². The molecule has 2 aromatic rings. The number of anilines is 1. The van der Waals surface area contributed by atoms with Crippen LogP contribution < -0.4 is 10.6 Å². The van der Waals surface area contributed by atoms with Crippen LogP contribution in [0.2, 0.25) is 0 Å². The minimum atomic E-state index is 0.416. The molecule has 0 fully saturated rings. The molecule has 0 aromatic carbocycles. The van der Waals surface area contributed by atoms with Crippen LogP contribution in [0.3, 0.4) is 0 Å². The van der Waals surface area contributed by atoms with Gasteiger partial charge in [0.15, 0.2) is 0 Å². The summed E-state index contributed by atoms with van der Waals surface area (Å²) in [6, 6.07) is 6.04. The van der Waals surface area contributed by atoms with E-state index in [1.54, 1.807) is 12.4 Å². The zero-order valence-corrected chi connectivity index (χ0v) is 11.4. The summed E-state index contributed by atoms with van der Waals surface area (Å²) in [7, 11) is 0. The molecule has 19 heavy (non-hydrogen) atoms. The van der Waals surface area contributed by atoms with Gasteiger partial charge in [-0.15, -0.1) is 0 Å². The molecule has 0 saturated heterocycles. The molecular formula is C14H19N5. The molecule has 5 nitrogen and oxygen atoms in total. The van der Waals surface area contributed by atoms with Crippen molar-refractivity contribution in [1.82, 2.24) is 15.0 Å². The Balaban J connectivity index is 2.15. The summed E-state index contributed by atoms with van der Waals surface area (Å²) >= 11 is 0. The summed E-state index contributed by atoms with van der Waals surface area (Å²) in [5, 5.41) is 0. The van der Waals surface area contributed by atoms with Crippen molar-refractivity contribution in [1.29, 1.82) is 0 Å². The van der Waals surface area contributed by atoms with Crippen LogP contribution in [-0.2, 0) is 13.1 Å². The zero-order valence-electron chi connectivity index (χ0n) is 11.4. The molecule has 0 unspecified atom stereocenters. The average Bonchev–Trinajstić information content (AvgIpc) is 2.45. The third kappa shape index (κ3) is 3.48. The minimum Gasteiger partial charge on any atom is -0.350 e. The van der Waals surface area contributed by atoms with E-state index in [9.17, 15) is 0 Å². The smallest absolute Gasteiger partial charge is 0.147 e. The molecule has 0 bridgehead atoms. The first-order valence-corrected chi connectivity index (χ1v) is 6.41. The van der Waals surface area contributed by atoms with Gasteiger partial charge in [-0.2, -0.15) is 0 Å². The van der Waals surface area contributed by atoms with Crippen LogP contribution in [0.4, 0.5) is 5.82 Å². The highest BCUT2D eigenvalue weighted by Gasteiger charge is 2.08. The van der Waals surface area contributed by atoms with Gasteiger partial charge >= 0.3 is 0 Å². The number of nitrogens with zero attached hydrogens (tertiary/aromatic N) is 4. The number of pyridine rings is 1. The molecule has 0 atom stereocenters. The van der Waals surface area contributed by atoms with Crippen LogP contribution in [0.15, 0.2) is 30.6 Å². The lowest BCUT2D eigenvalue weighted by atomic mass is 10.3. The van der Waals surface area contributed by atoms with Crippen molar-refractivity contribution in [2.75, 3.05) is 11.4 Å². The zero-order chi connectivity index (χ0) is 13.7. The monoisotopic (exact) mass is 257 g/mol. The molecule has 0 aliphatic rings. The first-order chi connectivity index (χ1) is 9.22. The quantitative estimate of drug-likeness (QED) is 0.882. The molecular weight excluding hydrogens is 238 g/mol. The van der Waals surface area contributed by atoms with Crippen LogP contribution in [0.5, 0.6) is 0 Å². The standard InChI is InChI=1S/C14H19N5/c1-3-19(10-12-6-4-5-11(2)18-12)14-9-16-13(7-15)8-17-14/h4-6,8-9H,3,7,10,15H2,1-2H3. The Morgan fingerprint density at radius 1 is 1.16 bits per heavy atom. The fourth-order valence-corrected chi connectivity index (χ4v) is 1.85. The molecule has 0 amide bonds. The number of aromatic nitrogens is 3. The molecule has 0 aliphatic carbocycles. The Morgan fingerprint density at radius 2 is 2.00 bits per heavy atom. The number of nitrogens with two attached hydrogens (primary N) is 1. The van der Waals surface area contributed by atoms with Gasteiger partial charge in [-0.05, 0) is 26.0 Å². The van der Waals surface area contributed by atoms with Gasteiger partial charge in [0.25, 0.3) is 0 Å². The number of aryl methyl sites for hydroxylation is 1. The number of hydrogen-bond acceptors (Lipinski definition) is 5. The second-order valence-corrected chi connectivity index (χ2v) is 4.35. The first-order valence-electron chi connectivity index (χ1n) is 6.41. The van der Waals surface area contributed by atoms with Crippen LogP contribution in [0.25, 0.3) is 0 Å².